The van der Waals surface area contributed by atoms with E-state index in [0.29, 0.717) is 27.0 Å². The van der Waals surface area contributed by atoms with Crippen LogP contribution in [0.15, 0.2) is 41.5 Å². The molecule has 122 valence electrons. The third-order valence-electron chi connectivity index (χ3n) is 3.14. The van der Waals surface area contributed by atoms with Crippen LogP contribution >= 0.6 is 35.4 Å². The number of benzene rings is 2. The van der Waals surface area contributed by atoms with Crippen LogP contribution < -0.4 is 0 Å². The fraction of sp³-hybridized carbons (Fsp3) is 0. The second-order valence-corrected chi connectivity index (χ2v) is 6.01. The van der Waals surface area contributed by atoms with Crippen LogP contribution in [0.1, 0.15) is 5.56 Å². The number of halogens is 2. The highest BCUT2D eigenvalue weighted by atomic mass is 35.5. The van der Waals surface area contributed by atoms with Crippen molar-refractivity contribution < 1.29 is 10.2 Å². The summed E-state index contributed by atoms with van der Waals surface area (Å²) in [5.74, 6) is -0.0302. The van der Waals surface area contributed by atoms with Crippen molar-refractivity contribution in [3.63, 3.8) is 0 Å². The summed E-state index contributed by atoms with van der Waals surface area (Å²) in [7, 11) is 0. The molecule has 0 aliphatic carbocycles. The molecule has 24 heavy (non-hydrogen) atoms. The number of hydrogen-bond donors (Lipinski definition) is 3. The van der Waals surface area contributed by atoms with Crippen LogP contribution in [0.4, 0.5) is 0 Å². The number of rotatable bonds is 3. The van der Waals surface area contributed by atoms with Crippen molar-refractivity contribution in [2.24, 2.45) is 5.10 Å². The molecule has 0 bridgehead atoms. The minimum Gasteiger partial charge on any atom is -0.504 e. The minimum atomic E-state index is -0.240. The number of aromatic nitrogens is 3. The summed E-state index contributed by atoms with van der Waals surface area (Å²) in [5, 5.41) is 30.8. The maximum absolute atomic E-state index is 9.52. The van der Waals surface area contributed by atoms with E-state index in [1.165, 1.54) is 23.0 Å². The van der Waals surface area contributed by atoms with E-state index in [2.05, 4.69) is 15.3 Å². The van der Waals surface area contributed by atoms with Crippen molar-refractivity contribution in [1.82, 2.24) is 14.9 Å². The van der Waals surface area contributed by atoms with Crippen molar-refractivity contribution >= 4 is 41.6 Å². The smallest absolute Gasteiger partial charge is 0.216 e. The zero-order chi connectivity index (χ0) is 17.3. The van der Waals surface area contributed by atoms with E-state index in [4.69, 9.17) is 35.4 Å². The molecule has 2 aromatic carbocycles. The molecule has 0 radical (unpaired) electrons. The molecule has 0 aliphatic heterocycles. The third-order valence-corrected chi connectivity index (χ3v) is 3.96. The van der Waals surface area contributed by atoms with Crippen molar-refractivity contribution in [3.05, 3.63) is 56.8 Å². The van der Waals surface area contributed by atoms with Crippen LogP contribution in [0.3, 0.4) is 0 Å². The standard InChI is InChI=1S/C15H10Cl2N4O2S/c16-9-2-3-10(11(17)6-9)14-19-20-15(24)21(14)18-7-8-1-4-12(22)13(23)5-8/h1-7,22-23H,(H,20,24)/b18-7+. The Labute approximate surface area is 151 Å². The highest BCUT2D eigenvalue weighted by Crippen LogP contribution is 2.29. The van der Waals surface area contributed by atoms with Gasteiger partial charge in [-0.3, -0.25) is 0 Å². The molecule has 1 heterocycles. The topological polar surface area (TPSA) is 86.4 Å². The monoisotopic (exact) mass is 380 g/mol. The average Bonchev–Trinajstić information content (AvgIpc) is 2.89. The van der Waals surface area contributed by atoms with E-state index in [1.807, 2.05) is 0 Å². The molecular formula is C15H10Cl2N4O2S. The summed E-state index contributed by atoms with van der Waals surface area (Å²) < 4.78 is 1.67. The molecule has 0 saturated carbocycles. The van der Waals surface area contributed by atoms with Crippen molar-refractivity contribution in [2.75, 3.05) is 0 Å². The molecule has 0 aliphatic rings. The Morgan fingerprint density at radius 2 is 1.92 bits per heavy atom. The van der Waals surface area contributed by atoms with Gasteiger partial charge in [0, 0.05) is 10.6 Å². The van der Waals surface area contributed by atoms with Gasteiger partial charge < -0.3 is 10.2 Å². The normalized spacial score (nSPS) is 11.2. The Morgan fingerprint density at radius 3 is 2.62 bits per heavy atom. The molecule has 1 aromatic heterocycles. The van der Waals surface area contributed by atoms with Crippen molar-refractivity contribution in [3.8, 4) is 22.9 Å². The van der Waals surface area contributed by atoms with Crippen LogP contribution in [-0.2, 0) is 0 Å². The van der Waals surface area contributed by atoms with Gasteiger partial charge in [-0.1, -0.05) is 23.2 Å². The predicted octanol–water partition coefficient (Wildman–Crippen LogP) is 4.21. The van der Waals surface area contributed by atoms with E-state index in [-0.39, 0.29) is 16.3 Å². The van der Waals surface area contributed by atoms with Crippen LogP contribution in [0.5, 0.6) is 11.5 Å². The van der Waals surface area contributed by atoms with Gasteiger partial charge in [-0.15, -0.1) is 0 Å². The molecule has 3 N–H and O–H groups in total. The molecule has 3 aromatic rings. The van der Waals surface area contributed by atoms with Crippen LogP contribution in [-0.4, -0.2) is 31.3 Å². The highest BCUT2D eigenvalue weighted by molar-refractivity contribution is 7.71. The summed E-state index contributed by atoms with van der Waals surface area (Å²) >= 11 is 17.3. The lowest BCUT2D eigenvalue weighted by Crippen LogP contribution is -1.95. The molecule has 0 unspecified atom stereocenters. The van der Waals surface area contributed by atoms with Crippen LogP contribution in [0, 0.1) is 4.77 Å². The maximum atomic E-state index is 9.52. The lowest BCUT2D eigenvalue weighted by Gasteiger charge is -2.04. The Morgan fingerprint density at radius 1 is 1.12 bits per heavy atom. The summed E-state index contributed by atoms with van der Waals surface area (Å²) in [6.07, 6.45) is 1.47. The van der Waals surface area contributed by atoms with Gasteiger partial charge in [-0.2, -0.15) is 14.9 Å². The van der Waals surface area contributed by atoms with Gasteiger partial charge in [0.1, 0.15) is 0 Å². The summed E-state index contributed by atoms with van der Waals surface area (Å²) in [6, 6.07) is 9.33. The fourth-order valence-corrected chi connectivity index (χ4v) is 2.66. The van der Waals surface area contributed by atoms with Gasteiger partial charge in [-0.05, 0) is 54.2 Å². The molecule has 0 amide bonds. The van der Waals surface area contributed by atoms with Gasteiger partial charge >= 0.3 is 0 Å². The molecule has 9 heteroatoms. The maximum Gasteiger partial charge on any atom is 0.216 e. The van der Waals surface area contributed by atoms with E-state index in [0.717, 1.165) is 0 Å². The number of hydrogen-bond acceptors (Lipinski definition) is 5. The Kier molecular flexibility index (Phi) is 4.57. The second kappa shape index (κ2) is 6.64. The first-order valence-corrected chi connectivity index (χ1v) is 7.81. The van der Waals surface area contributed by atoms with E-state index >= 15 is 0 Å². The average molecular weight is 381 g/mol. The molecular weight excluding hydrogens is 371 g/mol. The second-order valence-electron chi connectivity index (χ2n) is 4.78. The zero-order valence-electron chi connectivity index (χ0n) is 11.9. The molecule has 6 nitrogen and oxygen atoms in total. The quantitative estimate of drug-likeness (QED) is 0.360. The molecule has 0 fully saturated rings. The highest BCUT2D eigenvalue weighted by Gasteiger charge is 2.12. The largest absolute Gasteiger partial charge is 0.504 e. The number of nitrogens with zero attached hydrogens (tertiary/aromatic N) is 3. The molecule has 0 spiro atoms. The number of nitrogens with one attached hydrogen (secondary N) is 1. The summed E-state index contributed by atoms with van der Waals surface area (Å²) in [6.45, 7) is 0. The first-order chi connectivity index (χ1) is 11.5. The van der Waals surface area contributed by atoms with Crippen LogP contribution in [0.25, 0.3) is 11.4 Å². The van der Waals surface area contributed by atoms with E-state index < -0.39 is 0 Å². The number of H-pyrrole nitrogens is 1. The number of phenols is 2. The van der Waals surface area contributed by atoms with Gasteiger partial charge in [0.25, 0.3) is 0 Å². The Bertz CT molecular complexity index is 997. The summed E-state index contributed by atoms with van der Waals surface area (Å²) in [5.41, 5.74) is 1.18. The van der Waals surface area contributed by atoms with E-state index in [9.17, 15) is 10.2 Å². The molecule has 0 atom stereocenters. The SMILES string of the molecule is Oc1ccc(/C=N/n2c(-c3ccc(Cl)cc3Cl)n[nH]c2=S)cc1O. The van der Waals surface area contributed by atoms with Crippen molar-refractivity contribution in [1.29, 1.82) is 0 Å². The molecule has 0 saturated heterocycles. The fourth-order valence-electron chi connectivity index (χ4n) is 1.99. The minimum absolute atomic E-state index is 0.208. The van der Waals surface area contributed by atoms with Crippen LogP contribution in [0.2, 0.25) is 10.0 Å². The van der Waals surface area contributed by atoms with E-state index in [1.54, 1.807) is 24.3 Å². The third kappa shape index (κ3) is 3.28. The van der Waals surface area contributed by atoms with Gasteiger partial charge in [0.05, 0.1) is 11.2 Å². The van der Waals surface area contributed by atoms with Gasteiger partial charge in [-0.25, -0.2) is 5.10 Å². The lowest BCUT2D eigenvalue weighted by molar-refractivity contribution is 0.403. The Hall–Kier alpha value is -2.35. The zero-order valence-corrected chi connectivity index (χ0v) is 14.3. The number of phenolic OH excluding ortho intramolecular Hbond substituents is 2. The van der Waals surface area contributed by atoms with Gasteiger partial charge in [0.2, 0.25) is 4.77 Å². The number of aromatic hydroxyl groups is 2. The first kappa shape index (κ1) is 16.5. The van der Waals surface area contributed by atoms with Gasteiger partial charge in [0.15, 0.2) is 17.3 Å². The summed E-state index contributed by atoms with van der Waals surface area (Å²) in [4.78, 5) is 0. The van der Waals surface area contributed by atoms with Crippen molar-refractivity contribution in [2.45, 2.75) is 0 Å². The lowest BCUT2D eigenvalue weighted by atomic mass is 10.2. The number of aromatic amines is 1. The molecule has 3 rings (SSSR count). The Balaban J connectivity index is 2.03. The first-order valence-electron chi connectivity index (χ1n) is 6.65. The predicted molar refractivity (Wildman–Crippen MR) is 95.6 cm³/mol.